The van der Waals surface area contributed by atoms with Crippen LogP contribution in [0.2, 0.25) is 0 Å². The predicted molar refractivity (Wildman–Crippen MR) is 101 cm³/mol. The normalized spacial score (nSPS) is 14.4. The van der Waals surface area contributed by atoms with Crippen molar-refractivity contribution in [3.63, 3.8) is 0 Å². The zero-order valence-electron chi connectivity index (χ0n) is 15.9. The number of hydrogen-bond donors (Lipinski definition) is 0. The van der Waals surface area contributed by atoms with Crippen molar-refractivity contribution in [2.24, 2.45) is 0 Å². The lowest BCUT2D eigenvalue weighted by Crippen LogP contribution is -2.37. The van der Waals surface area contributed by atoms with Gasteiger partial charge in [-0.05, 0) is 30.7 Å². The Morgan fingerprint density at radius 2 is 1.93 bits per heavy atom. The van der Waals surface area contributed by atoms with Gasteiger partial charge in [-0.2, -0.15) is 0 Å². The summed E-state index contributed by atoms with van der Waals surface area (Å²) < 4.78 is 24.5. The zero-order valence-corrected chi connectivity index (χ0v) is 15.9. The van der Waals surface area contributed by atoms with Gasteiger partial charge in [0.05, 0.1) is 25.3 Å². The van der Waals surface area contributed by atoms with E-state index in [4.69, 9.17) is 9.26 Å². The largest absolute Gasteiger partial charge is 0.378 e. The van der Waals surface area contributed by atoms with Crippen LogP contribution in [0, 0.1) is 5.82 Å². The first-order chi connectivity index (χ1) is 13.1. The average Bonchev–Trinajstić information content (AvgIpc) is 3.12. The van der Waals surface area contributed by atoms with Crippen LogP contribution in [0.4, 0.5) is 10.3 Å². The van der Waals surface area contributed by atoms with E-state index in [1.807, 2.05) is 18.7 Å². The molecule has 1 aliphatic heterocycles. The molecule has 0 N–H and O–H groups in total. The molecule has 1 aromatic heterocycles. The zero-order chi connectivity index (χ0) is 19.2. The second-order valence-electron chi connectivity index (χ2n) is 6.59. The lowest BCUT2D eigenvalue weighted by Gasteiger charge is -2.28. The summed E-state index contributed by atoms with van der Waals surface area (Å²) in [5, 5.41) is 4.27. The van der Waals surface area contributed by atoms with E-state index in [0.717, 1.165) is 17.5 Å². The van der Waals surface area contributed by atoms with Crippen LogP contribution < -0.4 is 4.90 Å². The molecule has 1 aliphatic rings. The first-order valence-electron chi connectivity index (χ1n) is 9.49. The minimum Gasteiger partial charge on any atom is -0.378 e. The van der Waals surface area contributed by atoms with Crippen molar-refractivity contribution in [1.29, 1.82) is 0 Å². The van der Waals surface area contributed by atoms with Crippen molar-refractivity contribution in [3.05, 3.63) is 35.6 Å². The Bertz CT molecular complexity index is 754. The van der Waals surface area contributed by atoms with Crippen LogP contribution in [0.15, 0.2) is 28.8 Å². The molecule has 0 radical (unpaired) electrons. The maximum atomic E-state index is 13.3. The summed E-state index contributed by atoms with van der Waals surface area (Å²) >= 11 is 0. The minimum absolute atomic E-state index is 0.0935. The first kappa shape index (κ1) is 19.4. The maximum Gasteiger partial charge on any atom is 0.233 e. The van der Waals surface area contributed by atoms with Crippen LogP contribution in [0.3, 0.4) is 0 Å². The van der Waals surface area contributed by atoms with E-state index < -0.39 is 0 Å². The number of nitrogens with zero attached hydrogens (tertiary/aromatic N) is 3. The fourth-order valence-electron chi connectivity index (χ4n) is 3.27. The first-order valence-corrected chi connectivity index (χ1v) is 9.49. The number of hydrogen-bond acceptors (Lipinski definition) is 5. The molecule has 0 spiro atoms. The number of anilines is 1. The highest BCUT2D eigenvalue weighted by Crippen LogP contribution is 2.33. The molecular formula is C20H26FN3O3. The quantitative estimate of drug-likeness (QED) is 0.742. The van der Waals surface area contributed by atoms with E-state index in [0.29, 0.717) is 57.4 Å². The van der Waals surface area contributed by atoms with Gasteiger partial charge in [0.15, 0.2) is 0 Å². The van der Waals surface area contributed by atoms with E-state index in [1.165, 1.54) is 12.1 Å². The summed E-state index contributed by atoms with van der Waals surface area (Å²) in [6, 6.07) is 6.18. The Morgan fingerprint density at radius 3 is 2.56 bits per heavy atom. The van der Waals surface area contributed by atoms with Crippen molar-refractivity contribution in [1.82, 2.24) is 10.1 Å². The number of morpholine rings is 1. The third-order valence-corrected chi connectivity index (χ3v) is 4.68. The molecule has 1 fully saturated rings. The number of ether oxygens (including phenoxy) is 1. The van der Waals surface area contributed by atoms with Crippen molar-refractivity contribution in [3.8, 4) is 11.3 Å². The van der Waals surface area contributed by atoms with Gasteiger partial charge < -0.3 is 19.1 Å². The molecular weight excluding hydrogens is 349 g/mol. The van der Waals surface area contributed by atoms with Crippen molar-refractivity contribution in [2.45, 2.75) is 33.2 Å². The fourth-order valence-corrected chi connectivity index (χ4v) is 3.27. The lowest BCUT2D eigenvalue weighted by atomic mass is 10.1. The summed E-state index contributed by atoms with van der Waals surface area (Å²) in [4.78, 5) is 16.3. The van der Waals surface area contributed by atoms with Gasteiger partial charge in [-0.25, -0.2) is 4.39 Å². The molecule has 0 aliphatic carbocycles. The smallest absolute Gasteiger partial charge is 0.233 e. The Hall–Kier alpha value is -2.41. The molecule has 2 aromatic rings. The van der Waals surface area contributed by atoms with Gasteiger partial charge in [0.2, 0.25) is 11.8 Å². The summed E-state index contributed by atoms with van der Waals surface area (Å²) in [7, 11) is 0. The van der Waals surface area contributed by atoms with Crippen LogP contribution in [0.5, 0.6) is 0 Å². The SMILES string of the molecule is CCCN(Cc1c(-c2ccc(F)cc2)noc1N1CCOCC1)C(=O)CC. The van der Waals surface area contributed by atoms with Crippen molar-refractivity contribution in [2.75, 3.05) is 37.7 Å². The van der Waals surface area contributed by atoms with Gasteiger partial charge in [0.25, 0.3) is 0 Å². The molecule has 0 unspecified atom stereocenters. The molecule has 1 saturated heterocycles. The molecule has 1 amide bonds. The highest BCUT2D eigenvalue weighted by Gasteiger charge is 2.26. The monoisotopic (exact) mass is 375 g/mol. The molecule has 3 rings (SSSR count). The summed E-state index contributed by atoms with van der Waals surface area (Å²) in [6.07, 6.45) is 1.32. The number of benzene rings is 1. The maximum absolute atomic E-state index is 13.3. The molecule has 146 valence electrons. The van der Waals surface area contributed by atoms with Crippen LogP contribution in [-0.4, -0.2) is 48.8 Å². The number of carbonyl (C=O) groups is 1. The van der Waals surface area contributed by atoms with E-state index in [9.17, 15) is 9.18 Å². The standard InChI is InChI=1S/C20H26FN3O3/c1-3-9-24(18(25)4-2)14-17-19(15-5-7-16(21)8-6-15)22-27-20(17)23-10-12-26-13-11-23/h5-8H,3-4,9-14H2,1-2H3. The van der Waals surface area contributed by atoms with Crippen molar-refractivity contribution >= 4 is 11.8 Å². The number of carbonyl (C=O) groups excluding carboxylic acids is 1. The van der Waals surface area contributed by atoms with Gasteiger partial charge in [-0.15, -0.1) is 0 Å². The average molecular weight is 375 g/mol. The molecule has 0 atom stereocenters. The van der Waals surface area contributed by atoms with Crippen LogP contribution >= 0.6 is 0 Å². The van der Waals surface area contributed by atoms with Gasteiger partial charge >= 0.3 is 0 Å². The van der Waals surface area contributed by atoms with E-state index in [-0.39, 0.29) is 11.7 Å². The van der Waals surface area contributed by atoms with Gasteiger partial charge in [-0.3, -0.25) is 4.79 Å². The molecule has 0 bridgehead atoms. The van der Waals surface area contributed by atoms with Crippen molar-refractivity contribution < 1.29 is 18.4 Å². The van der Waals surface area contributed by atoms with E-state index in [1.54, 1.807) is 12.1 Å². The van der Waals surface area contributed by atoms with E-state index >= 15 is 0 Å². The van der Waals surface area contributed by atoms with Gasteiger partial charge in [-0.1, -0.05) is 19.0 Å². The summed E-state index contributed by atoms with van der Waals surface area (Å²) in [5.41, 5.74) is 2.29. The lowest BCUT2D eigenvalue weighted by molar-refractivity contribution is -0.131. The van der Waals surface area contributed by atoms with Gasteiger partial charge in [0, 0.05) is 31.6 Å². The Balaban J connectivity index is 1.99. The highest BCUT2D eigenvalue weighted by molar-refractivity contribution is 5.77. The number of amides is 1. The van der Waals surface area contributed by atoms with E-state index in [2.05, 4.69) is 10.1 Å². The third kappa shape index (κ3) is 4.47. The minimum atomic E-state index is -0.300. The second-order valence-corrected chi connectivity index (χ2v) is 6.59. The van der Waals surface area contributed by atoms with Gasteiger partial charge in [0.1, 0.15) is 11.5 Å². The number of aromatic nitrogens is 1. The molecule has 1 aromatic carbocycles. The third-order valence-electron chi connectivity index (χ3n) is 4.68. The number of halogens is 1. The Labute approximate surface area is 158 Å². The van der Waals surface area contributed by atoms with Crippen LogP contribution in [-0.2, 0) is 16.1 Å². The predicted octanol–water partition coefficient (Wildman–Crippen LogP) is 3.47. The van der Waals surface area contributed by atoms with Crippen LogP contribution in [0.1, 0.15) is 32.3 Å². The molecule has 2 heterocycles. The van der Waals surface area contributed by atoms with Crippen LogP contribution in [0.25, 0.3) is 11.3 Å². The molecule has 6 nitrogen and oxygen atoms in total. The molecule has 0 saturated carbocycles. The fraction of sp³-hybridized carbons (Fsp3) is 0.500. The number of rotatable bonds is 7. The highest BCUT2D eigenvalue weighted by atomic mass is 19.1. The second kappa shape index (κ2) is 8.99. The molecule has 7 heteroatoms. The summed E-state index contributed by atoms with van der Waals surface area (Å²) in [6.45, 7) is 7.67. The summed E-state index contributed by atoms with van der Waals surface area (Å²) in [5.74, 6) is 0.463. The molecule has 27 heavy (non-hydrogen) atoms. The Morgan fingerprint density at radius 1 is 1.22 bits per heavy atom. The topological polar surface area (TPSA) is 58.8 Å². The Kier molecular flexibility index (Phi) is 6.45.